The number of nitrogens with one attached hydrogen (secondary N) is 1. The Labute approximate surface area is 105 Å². The van der Waals surface area contributed by atoms with E-state index in [1.54, 1.807) is 11.3 Å². The van der Waals surface area contributed by atoms with Gasteiger partial charge in [-0.25, -0.2) is 4.39 Å². The van der Waals surface area contributed by atoms with Crippen molar-refractivity contribution in [1.29, 1.82) is 0 Å². The fourth-order valence-electron chi connectivity index (χ4n) is 1.84. The average Bonchev–Trinajstić information content (AvgIpc) is 2.83. The van der Waals surface area contributed by atoms with Gasteiger partial charge in [-0.2, -0.15) is 0 Å². The predicted molar refractivity (Wildman–Crippen MR) is 70.7 cm³/mol. The minimum Gasteiger partial charge on any atom is -0.303 e. The van der Waals surface area contributed by atoms with Gasteiger partial charge in [0.2, 0.25) is 0 Å². The topological polar surface area (TPSA) is 12.0 Å². The van der Waals surface area contributed by atoms with E-state index in [0.717, 1.165) is 5.56 Å². The molecule has 0 amide bonds. The minimum atomic E-state index is -0.188. The molecule has 0 saturated carbocycles. The molecule has 2 rings (SSSR count). The Morgan fingerprint density at radius 3 is 2.35 bits per heavy atom. The monoisotopic (exact) mass is 249 g/mol. The highest BCUT2D eigenvalue weighted by atomic mass is 32.1. The van der Waals surface area contributed by atoms with Crippen LogP contribution in [0.25, 0.3) is 0 Å². The van der Waals surface area contributed by atoms with Crippen LogP contribution in [0.5, 0.6) is 0 Å². The molecule has 0 radical (unpaired) electrons. The molecule has 0 spiro atoms. The molecule has 0 aliphatic heterocycles. The molecule has 1 heterocycles. The Bertz CT molecular complexity index is 450. The van der Waals surface area contributed by atoms with Crippen LogP contribution in [0.15, 0.2) is 41.8 Å². The van der Waals surface area contributed by atoms with Gasteiger partial charge in [-0.3, -0.25) is 0 Å². The summed E-state index contributed by atoms with van der Waals surface area (Å²) in [6.45, 7) is 4.24. The van der Waals surface area contributed by atoms with E-state index in [9.17, 15) is 4.39 Å². The normalized spacial score (nSPS) is 14.5. The SMILES string of the molecule is CC(N[C@@H](C)c1ccc(F)cc1)c1cccs1. The van der Waals surface area contributed by atoms with Crippen LogP contribution < -0.4 is 5.32 Å². The molecular weight excluding hydrogens is 233 g/mol. The summed E-state index contributed by atoms with van der Waals surface area (Å²) < 4.78 is 12.8. The van der Waals surface area contributed by atoms with E-state index in [1.165, 1.54) is 17.0 Å². The van der Waals surface area contributed by atoms with Crippen LogP contribution in [0.4, 0.5) is 4.39 Å². The third-order valence-electron chi connectivity index (χ3n) is 2.84. The Morgan fingerprint density at radius 2 is 1.76 bits per heavy atom. The summed E-state index contributed by atoms with van der Waals surface area (Å²) in [5, 5.41) is 5.59. The molecule has 0 aliphatic carbocycles. The van der Waals surface area contributed by atoms with Crippen LogP contribution in [-0.2, 0) is 0 Å². The lowest BCUT2D eigenvalue weighted by Gasteiger charge is -2.19. The molecular formula is C14H16FNS. The van der Waals surface area contributed by atoms with Crippen LogP contribution in [0.2, 0.25) is 0 Å². The van der Waals surface area contributed by atoms with Crippen LogP contribution in [0.3, 0.4) is 0 Å². The molecule has 0 bridgehead atoms. The number of hydrogen-bond acceptors (Lipinski definition) is 2. The van der Waals surface area contributed by atoms with E-state index in [4.69, 9.17) is 0 Å². The van der Waals surface area contributed by atoms with Gasteiger partial charge in [-0.05, 0) is 43.0 Å². The fourth-order valence-corrected chi connectivity index (χ4v) is 2.59. The molecule has 90 valence electrons. The van der Waals surface area contributed by atoms with Gasteiger partial charge in [0.25, 0.3) is 0 Å². The first-order valence-electron chi connectivity index (χ1n) is 5.71. The molecule has 0 fully saturated rings. The van der Waals surface area contributed by atoms with E-state index in [1.807, 2.05) is 12.1 Å². The summed E-state index contributed by atoms with van der Waals surface area (Å²) in [5.41, 5.74) is 1.11. The lowest BCUT2D eigenvalue weighted by molar-refractivity contribution is 0.499. The summed E-state index contributed by atoms with van der Waals surface area (Å²) in [6, 6.07) is 11.4. The lowest BCUT2D eigenvalue weighted by Crippen LogP contribution is -2.21. The molecule has 1 N–H and O–H groups in total. The van der Waals surface area contributed by atoms with E-state index >= 15 is 0 Å². The maximum absolute atomic E-state index is 12.8. The number of benzene rings is 1. The van der Waals surface area contributed by atoms with Crippen molar-refractivity contribution in [1.82, 2.24) is 5.32 Å². The smallest absolute Gasteiger partial charge is 0.123 e. The average molecular weight is 249 g/mol. The van der Waals surface area contributed by atoms with Crippen molar-refractivity contribution in [3.63, 3.8) is 0 Å². The number of thiophene rings is 1. The molecule has 1 aromatic heterocycles. The largest absolute Gasteiger partial charge is 0.303 e. The highest BCUT2D eigenvalue weighted by molar-refractivity contribution is 7.10. The van der Waals surface area contributed by atoms with Crippen LogP contribution >= 0.6 is 11.3 Å². The minimum absolute atomic E-state index is 0.188. The van der Waals surface area contributed by atoms with Gasteiger partial charge < -0.3 is 5.32 Å². The lowest BCUT2D eigenvalue weighted by atomic mass is 10.1. The molecule has 3 heteroatoms. The second-order valence-electron chi connectivity index (χ2n) is 4.18. The number of halogens is 1. The quantitative estimate of drug-likeness (QED) is 0.852. The Kier molecular flexibility index (Phi) is 3.92. The van der Waals surface area contributed by atoms with Gasteiger partial charge in [-0.15, -0.1) is 11.3 Å². The van der Waals surface area contributed by atoms with Crippen molar-refractivity contribution in [2.24, 2.45) is 0 Å². The third-order valence-corrected chi connectivity index (χ3v) is 3.89. The highest BCUT2D eigenvalue weighted by Gasteiger charge is 2.11. The van der Waals surface area contributed by atoms with Crippen LogP contribution in [-0.4, -0.2) is 0 Å². The van der Waals surface area contributed by atoms with E-state index in [0.29, 0.717) is 6.04 Å². The third kappa shape index (κ3) is 3.14. The summed E-state index contributed by atoms with van der Waals surface area (Å²) in [7, 11) is 0. The zero-order valence-electron chi connectivity index (χ0n) is 9.98. The molecule has 2 atom stereocenters. The van der Waals surface area contributed by atoms with Crippen LogP contribution in [0.1, 0.15) is 36.4 Å². The fraction of sp³-hybridized carbons (Fsp3) is 0.286. The number of hydrogen-bond donors (Lipinski definition) is 1. The Balaban J connectivity index is 2.01. The van der Waals surface area contributed by atoms with E-state index < -0.39 is 0 Å². The predicted octanol–water partition coefficient (Wildman–Crippen LogP) is 4.30. The summed E-state index contributed by atoms with van der Waals surface area (Å²) in [4.78, 5) is 1.32. The highest BCUT2D eigenvalue weighted by Crippen LogP contribution is 2.22. The van der Waals surface area contributed by atoms with Crippen molar-refractivity contribution in [3.05, 3.63) is 58.0 Å². The first kappa shape index (κ1) is 12.3. The maximum atomic E-state index is 12.8. The van der Waals surface area contributed by atoms with Crippen molar-refractivity contribution >= 4 is 11.3 Å². The number of rotatable bonds is 4. The first-order chi connectivity index (χ1) is 8.16. The van der Waals surface area contributed by atoms with Gasteiger partial charge in [0, 0.05) is 17.0 Å². The van der Waals surface area contributed by atoms with Crippen molar-refractivity contribution in [2.75, 3.05) is 0 Å². The second kappa shape index (κ2) is 5.43. The molecule has 0 aliphatic rings. The molecule has 1 unspecified atom stereocenters. The van der Waals surface area contributed by atoms with Gasteiger partial charge in [0.05, 0.1) is 0 Å². The molecule has 0 saturated heterocycles. The zero-order chi connectivity index (χ0) is 12.3. The van der Waals surface area contributed by atoms with Crippen molar-refractivity contribution in [3.8, 4) is 0 Å². The Hall–Kier alpha value is -1.19. The Morgan fingerprint density at radius 1 is 1.06 bits per heavy atom. The van der Waals surface area contributed by atoms with Gasteiger partial charge >= 0.3 is 0 Å². The van der Waals surface area contributed by atoms with Gasteiger partial charge in [0.15, 0.2) is 0 Å². The van der Waals surface area contributed by atoms with Gasteiger partial charge in [-0.1, -0.05) is 18.2 Å². The van der Waals surface area contributed by atoms with Crippen molar-refractivity contribution < 1.29 is 4.39 Å². The summed E-state index contributed by atoms with van der Waals surface area (Å²) in [5.74, 6) is -0.188. The zero-order valence-corrected chi connectivity index (χ0v) is 10.8. The van der Waals surface area contributed by atoms with E-state index in [2.05, 4.69) is 36.7 Å². The first-order valence-corrected chi connectivity index (χ1v) is 6.59. The maximum Gasteiger partial charge on any atom is 0.123 e. The molecule has 2 aromatic rings. The molecule has 17 heavy (non-hydrogen) atoms. The van der Waals surface area contributed by atoms with Gasteiger partial charge in [0.1, 0.15) is 5.82 Å². The molecule has 1 nitrogen and oxygen atoms in total. The second-order valence-corrected chi connectivity index (χ2v) is 5.16. The van der Waals surface area contributed by atoms with Crippen molar-refractivity contribution in [2.45, 2.75) is 25.9 Å². The summed E-state index contributed by atoms with van der Waals surface area (Å²) >= 11 is 1.75. The standard InChI is InChI=1S/C14H16FNS/c1-10(12-5-7-13(15)8-6-12)16-11(2)14-4-3-9-17-14/h3-11,16H,1-2H3/t10-,11?/m0/s1. The van der Waals surface area contributed by atoms with E-state index in [-0.39, 0.29) is 11.9 Å². The molecule has 1 aromatic carbocycles. The summed E-state index contributed by atoms with van der Waals surface area (Å²) in [6.07, 6.45) is 0. The van der Waals surface area contributed by atoms with Crippen LogP contribution in [0, 0.1) is 5.82 Å².